The molecule has 5 aromatic rings. The maximum atomic E-state index is 12.7. The molecule has 8 nitrogen and oxygen atoms in total. The van der Waals surface area contributed by atoms with E-state index in [4.69, 9.17) is 21.3 Å². The van der Waals surface area contributed by atoms with E-state index in [1.165, 1.54) is 17.8 Å². The molecule has 0 fully saturated rings. The van der Waals surface area contributed by atoms with E-state index in [9.17, 15) is 4.79 Å². The number of benzene rings is 3. The number of rotatable bonds is 11. The van der Waals surface area contributed by atoms with Crippen LogP contribution >= 0.6 is 34.7 Å². The second kappa shape index (κ2) is 14.5. The molecule has 0 unspecified atom stereocenters. The van der Waals surface area contributed by atoms with Crippen molar-refractivity contribution in [2.24, 2.45) is 4.99 Å². The Bertz CT molecular complexity index is 1840. The Morgan fingerprint density at radius 1 is 1.16 bits per heavy atom. The lowest BCUT2D eigenvalue weighted by atomic mass is 10.1. The molecule has 224 valence electrons. The third kappa shape index (κ3) is 7.64. The van der Waals surface area contributed by atoms with Crippen LogP contribution in [0.3, 0.4) is 0 Å². The van der Waals surface area contributed by atoms with E-state index in [2.05, 4.69) is 26.0 Å². The fourth-order valence-electron chi connectivity index (χ4n) is 4.37. The van der Waals surface area contributed by atoms with E-state index in [1.54, 1.807) is 50.0 Å². The molecule has 2 aromatic heterocycles. The fraction of sp³-hybridized carbons (Fsp3) is 0.152. The minimum atomic E-state index is -0.255. The first-order chi connectivity index (χ1) is 21.3. The number of likely N-dealkylation sites (N-methyl/N-ethyl adjacent to an activating group) is 1. The van der Waals surface area contributed by atoms with Crippen molar-refractivity contribution in [1.82, 2.24) is 14.9 Å². The number of ether oxygens (including phenoxy) is 1. The second-order valence-corrected chi connectivity index (χ2v) is 12.5. The van der Waals surface area contributed by atoms with Crippen molar-refractivity contribution in [3.63, 3.8) is 0 Å². The number of methoxy groups -OCH3 is 1. The number of aromatic nitrogens is 2. The van der Waals surface area contributed by atoms with Gasteiger partial charge in [-0.15, -0.1) is 11.3 Å². The van der Waals surface area contributed by atoms with E-state index in [0.29, 0.717) is 28.5 Å². The van der Waals surface area contributed by atoms with Gasteiger partial charge in [0.2, 0.25) is 5.91 Å². The van der Waals surface area contributed by atoms with Crippen LogP contribution in [0.5, 0.6) is 5.75 Å². The molecular weight excluding hydrogens is 612 g/mol. The SMILES string of the molecule is CN=Cc1cnc2cc(OC)c(NC(=O)/C=C/CN(C)C)cc2c1Nc1ccc(Sc2nc(-c3ccccc3)cs2)c(Cl)c1. The van der Waals surface area contributed by atoms with Crippen LogP contribution in [0, 0.1) is 0 Å². The van der Waals surface area contributed by atoms with Crippen LogP contribution in [-0.2, 0) is 4.79 Å². The Kier molecular flexibility index (Phi) is 10.3. The van der Waals surface area contributed by atoms with Gasteiger partial charge in [0.1, 0.15) is 5.75 Å². The van der Waals surface area contributed by atoms with Crippen LogP contribution in [0.1, 0.15) is 5.56 Å². The van der Waals surface area contributed by atoms with Crippen LogP contribution in [0.2, 0.25) is 5.02 Å². The molecule has 11 heteroatoms. The Morgan fingerprint density at radius 2 is 1.98 bits per heavy atom. The number of thiazole rings is 1. The van der Waals surface area contributed by atoms with Crippen LogP contribution < -0.4 is 15.4 Å². The number of anilines is 3. The van der Waals surface area contributed by atoms with Gasteiger partial charge in [0.15, 0.2) is 4.34 Å². The molecule has 0 aliphatic heterocycles. The molecule has 0 atom stereocenters. The number of hydrogen-bond donors (Lipinski definition) is 2. The Balaban J connectivity index is 1.43. The fourth-order valence-corrected chi connectivity index (χ4v) is 6.45. The summed E-state index contributed by atoms with van der Waals surface area (Å²) in [5.74, 6) is 0.249. The van der Waals surface area contributed by atoms with E-state index in [1.807, 2.05) is 73.6 Å². The molecule has 2 heterocycles. The highest BCUT2D eigenvalue weighted by Crippen LogP contribution is 2.40. The number of nitrogens with zero attached hydrogens (tertiary/aromatic N) is 4. The molecule has 0 saturated heterocycles. The second-order valence-electron chi connectivity index (χ2n) is 9.94. The van der Waals surface area contributed by atoms with Crippen molar-refractivity contribution < 1.29 is 9.53 Å². The van der Waals surface area contributed by atoms with Gasteiger partial charge in [-0.2, -0.15) is 0 Å². The molecule has 0 bridgehead atoms. The average Bonchev–Trinajstić information content (AvgIpc) is 3.48. The first-order valence-corrected chi connectivity index (χ1v) is 15.7. The maximum absolute atomic E-state index is 12.7. The Morgan fingerprint density at radius 3 is 2.70 bits per heavy atom. The van der Waals surface area contributed by atoms with Gasteiger partial charge in [-0.3, -0.25) is 14.8 Å². The summed E-state index contributed by atoms with van der Waals surface area (Å²) in [5.41, 5.74) is 5.57. The van der Waals surface area contributed by atoms with Crippen LogP contribution in [0.15, 0.2) is 98.6 Å². The molecule has 3 aromatic carbocycles. The number of halogens is 1. The zero-order valence-electron chi connectivity index (χ0n) is 24.7. The number of fused-ring (bicyclic) bond motifs is 1. The van der Waals surface area contributed by atoms with Crippen molar-refractivity contribution >= 4 is 74.8 Å². The highest BCUT2D eigenvalue weighted by molar-refractivity contribution is 8.01. The smallest absolute Gasteiger partial charge is 0.248 e. The van der Waals surface area contributed by atoms with Crippen molar-refractivity contribution in [1.29, 1.82) is 0 Å². The topological polar surface area (TPSA) is 91.7 Å². The van der Waals surface area contributed by atoms with Gasteiger partial charge in [-0.25, -0.2) is 4.98 Å². The van der Waals surface area contributed by atoms with Crippen molar-refractivity contribution in [3.8, 4) is 17.0 Å². The zero-order valence-corrected chi connectivity index (χ0v) is 27.1. The van der Waals surface area contributed by atoms with E-state index >= 15 is 0 Å². The summed E-state index contributed by atoms with van der Waals surface area (Å²) in [5, 5.41) is 9.88. The lowest BCUT2D eigenvalue weighted by Gasteiger charge is -2.16. The average molecular weight is 643 g/mol. The van der Waals surface area contributed by atoms with Gasteiger partial charge >= 0.3 is 0 Å². The normalized spacial score (nSPS) is 11.6. The third-order valence-electron chi connectivity index (χ3n) is 6.44. The van der Waals surface area contributed by atoms with Gasteiger partial charge in [0.05, 0.1) is 34.7 Å². The van der Waals surface area contributed by atoms with Crippen LogP contribution in [-0.4, -0.2) is 61.8 Å². The number of nitrogens with one attached hydrogen (secondary N) is 2. The molecule has 0 aliphatic rings. The monoisotopic (exact) mass is 642 g/mol. The van der Waals surface area contributed by atoms with Crippen LogP contribution in [0.25, 0.3) is 22.2 Å². The summed E-state index contributed by atoms with van der Waals surface area (Å²) in [6, 6.07) is 19.6. The Labute approximate surface area is 269 Å². The molecule has 2 N–H and O–H groups in total. The summed E-state index contributed by atoms with van der Waals surface area (Å²) in [4.78, 5) is 29.2. The predicted octanol–water partition coefficient (Wildman–Crippen LogP) is 8.02. The molecule has 44 heavy (non-hydrogen) atoms. The van der Waals surface area contributed by atoms with Gasteiger partial charge in [-0.05, 0) is 38.4 Å². The number of carbonyl (C=O) groups is 1. The lowest BCUT2D eigenvalue weighted by molar-refractivity contribution is -0.111. The van der Waals surface area contributed by atoms with Crippen molar-refractivity contribution in [3.05, 3.63) is 95.0 Å². The lowest BCUT2D eigenvalue weighted by Crippen LogP contribution is -2.13. The number of hydrogen-bond acceptors (Lipinski definition) is 9. The Hall–Kier alpha value is -4.22. The summed E-state index contributed by atoms with van der Waals surface area (Å²) in [6.45, 7) is 0.651. The summed E-state index contributed by atoms with van der Waals surface area (Å²) >= 11 is 9.89. The highest BCUT2D eigenvalue weighted by Gasteiger charge is 2.15. The molecule has 0 spiro atoms. The largest absolute Gasteiger partial charge is 0.494 e. The van der Waals surface area contributed by atoms with E-state index in [-0.39, 0.29) is 5.91 Å². The molecule has 5 rings (SSSR count). The minimum Gasteiger partial charge on any atom is -0.494 e. The zero-order chi connectivity index (χ0) is 31.1. The molecular formula is C33H31ClN6O2S2. The number of amides is 1. The molecule has 1 amide bonds. The van der Waals surface area contributed by atoms with Crippen LogP contribution in [0.4, 0.5) is 17.1 Å². The first-order valence-electron chi connectivity index (χ1n) is 13.6. The molecule has 0 aliphatic carbocycles. The van der Waals surface area contributed by atoms with Gasteiger partial charge in [0, 0.05) is 70.6 Å². The minimum absolute atomic E-state index is 0.255. The summed E-state index contributed by atoms with van der Waals surface area (Å²) in [7, 11) is 7.15. The van der Waals surface area contributed by atoms with E-state index < -0.39 is 0 Å². The van der Waals surface area contributed by atoms with Gasteiger partial charge < -0.3 is 20.3 Å². The number of pyridine rings is 1. The summed E-state index contributed by atoms with van der Waals surface area (Å²) in [6.07, 6.45) is 6.80. The predicted molar refractivity (Wildman–Crippen MR) is 185 cm³/mol. The highest BCUT2D eigenvalue weighted by atomic mass is 35.5. The first kappa shape index (κ1) is 31.2. The maximum Gasteiger partial charge on any atom is 0.248 e. The molecule has 0 saturated carbocycles. The standard InChI is InChI=1S/C33H31ClN6O2S2/c1-35-18-22-19-36-26-17-29(42-4)27(38-31(41)11-8-14-40(2)3)16-24(26)32(22)37-23-12-13-30(25(34)15-23)44-33-39-28(20-43-33)21-9-6-5-7-10-21/h5-13,15-20H,14H2,1-4H3,(H,36,37)(H,38,41)/b11-8+,35-18?. The van der Waals surface area contributed by atoms with Gasteiger partial charge in [0.25, 0.3) is 0 Å². The summed E-state index contributed by atoms with van der Waals surface area (Å²) < 4.78 is 6.49. The quantitative estimate of drug-likeness (QED) is 0.111. The van der Waals surface area contributed by atoms with Gasteiger partial charge in [-0.1, -0.05) is 59.8 Å². The molecule has 0 radical (unpaired) electrons. The number of carbonyl (C=O) groups excluding carboxylic acids is 1. The number of aliphatic imine (C=N–C) groups is 1. The van der Waals surface area contributed by atoms with Crippen molar-refractivity contribution in [2.45, 2.75) is 9.24 Å². The van der Waals surface area contributed by atoms with Crippen molar-refractivity contribution in [2.75, 3.05) is 45.4 Å². The third-order valence-corrected chi connectivity index (χ3v) is 8.87. The van der Waals surface area contributed by atoms with E-state index in [0.717, 1.165) is 42.8 Å².